The number of fused-ring (bicyclic) bond motifs is 2. The third-order valence-electron chi connectivity index (χ3n) is 4.45. The van der Waals surface area contributed by atoms with Crippen LogP contribution in [0.5, 0.6) is 5.75 Å². The zero-order chi connectivity index (χ0) is 16.4. The summed E-state index contributed by atoms with van der Waals surface area (Å²) in [6.07, 6.45) is 0. The SMILES string of the molecule is Cc1c(C2(C)C(=O)Oc3cc(Cl)ccc32)oc2cc(Cl)ccc12. The minimum atomic E-state index is -1.00. The normalized spacial score (nSPS) is 19.9. The summed E-state index contributed by atoms with van der Waals surface area (Å²) in [6, 6.07) is 10.7. The van der Waals surface area contributed by atoms with Crippen LogP contribution in [0.3, 0.4) is 0 Å². The van der Waals surface area contributed by atoms with E-state index < -0.39 is 5.41 Å². The third kappa shape index (κ3) is 1.93. The summed E-state index contributed by atoms with van der Waals surface area (Å²) in [4.78, 5) is 12.6. The third-order valence-corrected chi connectivity index (χ3v) is 4.92. The zero-order valence-electron chi connectivity index (χ0n) is 12.4. The minimum Gasteiger partial charge on any atom is -0.459 e. The lowest BCUT2D eigenvalue weighted by Gasteiger charge is -2.18. The van der Waals surface area contributed by atoms with Crippen LogP contribution < -0.4 is 4.74 Å². The summed E-state index contributed by atoms with van der Waals surface area (Å²) in [5.74, 6) is 0.673. The summed E-state index contributed by atoms with van der Waals surface area (Å²) in [7, 11) is 0. The average Bonchev–Trinajstić information content (AvgIpc) is 2.95. The number of ether oxygens (including phenoxy) is 1. The Kier molecular flexibility index (Phi) is 3.03. The van der Waals surface area contributed by atoms with E-state index in [4.69, 9.17) is 32.4 Å². The van der Waals surface area contributed by atoms with E-state index >= 15 is 0 Å². The number of hydrogen-bond donors (Lipinski definition) is 0. The molecule has 0 fully saturated rings. The Morgan fingerprint density at radius 3 is 2.52 bits per heavy atom. The van der Waals surface area contributed by atoms with Crippen molar-refractivity contribution in [3.63, 3.8) is 0 Å². The molecule has 2 heterocycles. The number of rotatable bonds is 1. The molecule has 1 unspecified atom stereocenters. The first-order chi connectivity index (χ1) is 10.9. The second-order valence-corrected chi connectivity index (χ2v) is 6.72. The maximum Gasteiger partial charge on any atom is 0.329 e. The molecular formula is C18H12Cl2O3. The molecule has 1 atom stereocenters. The van der Waals surface area contributed by atoms with Crippen LogP contribution in [0.2, 0.25) is 10.0 Å². The number of carbonyl (C=O) groups excluding carboxylic acids is 1. The Labute approximate surface area is 142 Å². The summed E-state index contributed by atoms with van der Waals surface area (Å²) in [5.41, 5.74) is 1.30. The van der Waals surface area contributed by atoms with Gasteiger partial charge in [-0.2, -0.15) is 0 Å². The van der Waals surface area contributed by atoms with Crippen molar-refractivity contribution in [2.24, 2.45) is 0 Å². The Bertz CT molecular complexity index is 974. The summed E-state index contributed by atoms with van der Waals surface area (Å²) < 4.78 is 11.4. The number of furan rings is 1. The first-order valence-corrected chi connectivity index (χ1v) is 7.88. The maximum absolute atomic E-state index is 12.6. The largest absolute Gasteiger partial charge is 0.459 e. The second kappa shape index (κ2) is 4.76. The van der Waals surface area contributed by atoms with Crippen LogP contribution in [0.4, 0.5) is 0 Å². The fourth-order valence-corrected chi connectivity index (χ4v) is 3.52. The second-order valence-electron chi connectivity index (χ2n) is 5.85. The number of benzene rings is 2. The highest BCUT2D eigenvalue weighted by atomic mass is 35.5. The van der Waals surface area contributed by atoms with E-state index in [9.17, 15) is 4.79 Å². The van der Waals surface area contributed by atoms with Crippen molar-refractivity contribution in [1.82, 2.24) is 0 Å². The van der Waals surface area contributed by atoms with Crippen molar-refractivity contribution in [3.8, 4) is 5.75 Å². The highest BCUT2D eigenvalue weighted by Gasteiger charge is 2.50. The molecule has 0 N–H and O–H groups in total. The molecule has 3 aromatic rings. The molecule has 0 spiro atoms. The van der Waals surface area contributed by atoms with E-state index in [-0.39, 0.29) is 5.97 Å². The van der Waals surface area contributed by atoms with Gasteiger partial charge in [0.05, 0.1) is 0 Å². The molecule has 1 aromatic heterocycles. The highest BCUT2D eigenvalue weighted by molar-refractivity contribution is 6.31. The van der Waals surface area contributed by atoms with Crippen LogP contribution in [-0.2, 0) is 10.2 Å². The topological polar surface area (TPSA) is 39.4 Å². The van der Waals surface area contributed by atoms with Crippen molar-refractivity contribution in [3.05, 3.63) is 63.3 Å². The molecule has 5 heteroatoms. The molecule has 116 valence electrons. The smallest absolute Gasteiger partial charge is 0.329 e. The van der Waals surface area contributed by atoms with Crippen LogP contribution in [0.15, 0.2) is 40.8 Å². The number of aryl methyl sites for hydroxylation is 1. The highest BCUT2D eigenvalue weighted by Crippen LogP contribution is 2.48. The van der Waals surface area contributed by atoms with Crippen LogP contribution in [0.25, 0.3) is 11.0 Å². The molecule has 23 heavy (non-hydrogen) atoms. The molecule has 0 saturated heterocycles. The van der Waals surface area contributed by atoms with E-state index in [0.29, 0.717) is 27.1 Å². The van der Waals surface area contributed by atoms with Gasteiger partial charge in [-0.1, -0.05) is 29.3 Å². The average molecular weight is 347 g/mol. The van der Waals surface area contributed by atoms with E-state index in [1.54, 1.807) is 31.2 Å². The molecular weight excluding hydrogens is 335 g/mol. The lowest BCUT2D eigenvalue weighted by Crippen LogP contribution is -2.31. The fourth-order valence-electron chi connectivity index (χ4n) is 3.20. The number of halogens is 2. The molecule has 2 aromatic carbocycles. The van der Waals surface area contributed by atoms with Crippen molar-refractivity contribution in [1.29, 1.82) is 0 Å². The van der Waals surface area contributed by atoms with Crippen LogP contribution >= 0.6 is 23.2 Å². The van der Waals surface area contributed by atoms with Gasteiger partial charge in [-0.3, -0.25) is 4.79 Å². The van der Waals surface area contributed by atoms with E-state index in [1.807, 2.05) is 19.1 Å². The fraction of sp³-hybridized carbons (Fsp3) is 0.167. The molecule has 0 aliphatic carbocycles. The first-order valence-electron chi connectivity index (χ1n) is 7.12. The Morgan fingerprint density at radius 1 is 1.04 bits per heavy atom. The minimum absolute atomic E-state index is 0.372. The van der Waals surface area contributed by atoms with Gasteiger partial charge in [0.25, 0.3) is 0 Å². The van der Waals surface area contributed by atoms with Gasteiger partial charge in [-0.05, 0) is 43.7 Å². The van der Waals surface area contributed by atoms with Crippen molar-refractivity contribution < 1.29 is 13.9 Å². The van der Waals surface area contributed by atoms with Crippen LogP contribution in [-0.4, -0.2) is 5.97 Å². The van der Waals surface area contributed by atoms with Gasteiger partial charge < -0.3 is 9.15 Å². The molecule has 0 amide bonds. The van der Waals surface area contributed by atoms with Gasteiger partial charge in [0.2, 0.25) is 0 Å². The van der Waals surface area contributed by atoms with Gasteiger partial charge in [0, 0.05) is 27.1 Å². The first kappa shape index (κ1) is 14.6. The van der Waals surface area contributed by atoms with Crippen molar-refractivity contribution in [2.75, 3.05) is 0 Å². The van der Waals surface area contributed by atoms with Crippen LogP contribution in [0, 0.1) is 6.92 Å². The lowest BCUT2D eigenvalue weighted by molar-refractivity contribution is -0.136. The van der Waals surface area contributed by atoms with E-state index in [2.05, 4.69) is 0 Å². The predicted molar refractivity (Wildman–Crippen MR) is 89.5 cm³/mol. The van der Waals surface area contributed by atoms with E-state index in [1.165, 1.54) is 0 Å². The van der Waals surface area contributed by atoms with Crippen molar-refractivity contribution >= 4 is 40.1 Å². The van der Waals surface area contributed by atoms with Gasteiger partial charge in [-0.25, -0.2) is 0 Å². The molecule has 0 saturated carbocycles. The number of carbonyl (C=O) groups is 1. The van der Waals surface area contributed by atoms with Crippen LogP contribution in [0.1, 0.15) is 23.8 Å². The Morgan fingerprint density at radius 2 is 1.74 bits per heavy atom. The van der Waals surface area contributed by atoms with Crippen molar-refractivity contribution in [2.45, 2.75) is 19.3 Å². The van der Waals surface area contributed by atoms with Gasteiger partial charge in [0.15, 0.2) is 5.41 Å². The maximum atomic E-state index is 12.6. The summed E-state index contributed by atoms with van der Waals surface area (Å²) in [6.45, 7) is 3.74. The van der Waals surface area contributed by atoms with Gasteiger partial charge in [-0.15, -0.1) is 0 Å². The van der Waals surface area contributed by atoms with E-state index in [0.717, 1.165) is 16.5 Å². The zero-order valence-corrected chi connectivity index (χ0v) is 14.0. The molecule has 1 aliphatic rings. The van der Waals surface area contributed by atoms with Gasteiger partial charge >= 0.3 is 5.97 Å². The summed E-state index contributed by atoms with van der Waals surface area (Å²) in [5, 5.41) is 2.04. The molecule has 0 bridgehead atoms. The Hall–Kier alpha value is -1.97. The quantitative estimate of drug-likeness (QED) is 0.444. The number of esters is 1. The molecule has 3 nitrogen and oxygen atoms in total. The van der Waals surface area contributed by atoms with Gasteiger partial charge in [0.1, 0.15) is 17.1 Å². The number of hydrogen-bond acceptors (Lipinski definition) is 3. The molecule has 0 radical (unpaired) electrons. The molecule has 1 aliphatic heterocycles. The summed E-state index contributed by atoms with van der Waals surface area (Å²) >= 11 is 12.0. The lowest BCUT2D eigenvalue weighted by atomic mass is 9.80. The Balaban J connectivity index is 2.00. The molecule has 4 rings (SSSR count). The monoisotopic (exact) mass is 346 g/mol. The standard InChI is InChI=1S/C18H12Cl2O3/c1-9-12-5-3-10(19)7-14(12)22-16(9)18(2)13-6-4-11(20)8-15(13)23-17(18)21/h3-8H,1-2H3. The predicted octanol–water partition coefficient (Wildman–Crippen LogP) is 5.27.